The van der Waals surface area contributed by atoms with E-state index in [0.717, 1.165) is 0 Å². The normalized spacial score (nSPS) is 4.71. The summed E-state index contributed by atoms with van der Waals surface area (Å²) in [5.74, 6) is 0. The fraction of sp³-hybridized carbons (Fsp3) is 0.667. The molecule has 0 fully saturated rings. The van der Waals surface area contributed by atoms with Crippen molar-refractivity contribution in [2.24, 2.45) is 0 Å². The van der Waals surface area contributed by atoms with E-state index in [1.165, 1.54) is 0 Å². The van der Waals surface area contributed by atoms with Crippen LogP contribution in [0.1, 0.15) is 6.92 Å². The van der Waals surface area contributed by atoms with Gasteiger partial charge in [-0.3, -0.25) is 0 Å². The number of thiocarbonyl (C=S) groups is 1. The van der Waals surface area contributed by atoms with Gasteiger partial charge in [-0.15, -0.1) is 0 Å². The van der Waals surface area contributed by atoms with Gasteiger partial charge in [-0.05, 0) is 6.92 Å². The summed E-state index contributed by atoms with van der Waals surface area (Å²) < 4.78 is 4.40. The first-order valence-corrected chi connectivity index (χ1v) is 1.81. The van der Waals surface area contributed by atoms with Gasteiger partial charge >= 0.3 is 51.4 Å². The molecule has 0 aliphatic heterocycles. The Morgan fingerprint density at radius 3 is 2.14 bits per heavy atom. The van der Waals surface area contributed by atoms with Gasteiger partial charge in [0.05, 0.1) is 0 Å². The molecule has 4 heteroatoms. The van der Waals surface area contributed by atoms with E-state index < -0.39 is 0 Å². The second kappa shape index (κ2) is 15.7. The molecule has 0 aromatic rings. The van der Waals surface area contributed by atoms with Gasteiger partial charge in [0.2, 0.25) is 0 Å². The molecule has 0 spiro atoms. The van der Waals surface area contributed by atoms with Crippen molar-refractivity contribution < 1.29 is 56.1 Å². The van der Waals surface area contributed by atoms with Crippen LogP contribution in [-0.2, 0) is 18.2 Å². The third-order valence-electron chi connectivity index (χ3n) is 0.203. The van der Waals surface area contributed by atoms with E-state index in [9.17, 15) is 0 Å². The number of hydrogen-bond acceptors (Lipinski definition) is 2. The molecule has 0 radical (unpaired) electrons. The zero-order valence-corrected chi connectivity index (χ0v) is 9.70. The molecule has 0 aliphatic carbocycles. The molecule has 0 heterocycles. The summed E-state index contributed by atoms with van der Waals surface area (Å²) in [5, 5.41) is 0. The number of hydrogen-bond donors (Lipinski definition) is 0. The number of rotatable bonds is 2. The molecule has 0 saturated heterocycles. The summed E-state index contributed by atoms with van der Waals surface area (Å²) in [6.07, 6.45) is 0. The summed E-state index contributed by atoms with van der Waals surface area (Å²) in [6.45, 7) is 2.49. The molecule has 1 nitrogen and oxygen atoms in total. The second-order valence-corrected chi connectivity index (χ2v) is 0.683. The summed E-state index contributed by atoms with van der Waals surface area (Å²) in [4.78, 5) is 0. The monoisotopic (exact) mass is 163 g/mol. The van der Waals surface area contributed by atoms with Crippen LogP contribution in [0.15, 0.2) is 0 Å². The topological polar surface area (TPSA) is 9.23 Å². The van der Waals surface area contributed by atoms with Crippen molar-refractivity contribution in [2.75, 3.05) is 6.61 Å². The van der Waals surface area contributed by atoms with Gasteiger partial charge in [0, 0.05) is 6.61 Å². The van der Waals surface area contributed by atoms with E-state index in [4.69, 9.17) is 0 Å². The van der Waals surface area contributed by atoms with Gasteiger partial charge in [0.15, 0.2) is 0 Å². The third kappa shape index (κ3) is 18.1. The molecule has 0 bridgehead atoms. The SMILES string of the molecule is CCO[C-]=S.[K+].[SH3+]. The van der Waals surface area contributed by atoms with Crippen LogP contribution in [0.2, 0.25) is 0 Å². The second-order valence-electron chi connectivity index (χ2n) is 0.516. The molecule has 7 heavy (non-hydrogen) atoms. The molecule has 0 saturated carbocycles. The standard InChI is InChI=1S/C3H5OS.K.H2S/c1-2-4-3-5;;/h2H2,1H3;;1H2/q-1;+1;/p+1. The van der Waals surface area contributed by atoms with Gasteiger partial charge in [0.1, 0.15) is 0 Å². The van der Waals surface area contributed by atoms with Crippen molar-refractivity contribution in [1.82, 2.24) is 0 Å². The largest absolute Gasteiger partial charge is 1.00 e. The van der Waals surface area contributed by atoms with E-state index in [0.29, 0.717) is 6.61 Å². The van der Waals surface area contributed by atoms with Crippen LogP contribution in [0, 0.1) is 0 Å². The summed E-state index contributed by atoms with van der Waals surface area (Å²) >= 11 is 4.18. The van der Waals surface area contributed by atoms with E-state index >= 15 is 0 Å². The van der Waals surface area contributed by atoms with Crippen LogP contribution in [0.3, 0.4) is 0 Å². The van der Waals surface area contributed by atoms with Crippen molar-refractivity contribution in [3.63, 3.8) is 0 Å². The molecule has 38 valence electrons. The Kier molecular flexibility index (Phi) is 35.7. The Morgan fingerprint density at radius 1 is 1.71 bits per heavy atom. The van der Waals surface area contributed by atoms with E-state index in [2.05, 4.69) is 22.5 Å². The zero-order valence-electron chi connectivity index (χ0n) is 4.60. The predicted octanol–water partition coefficient (Wildman–Crippen LogP) is -2.94. The van der Waals surface area contributed by atoms with Crippen LogP contribution in [0.25, 0.3) is 0 Å². The van der Waals surface area contributed by atoms with Gasteiger partial charge in [-0.25, -0.2) is 5.55 Å². The van der Waals surface area contributed by atoms with Gasteiger partial charge in [-0.1, -0.05) is 13.5 Å². The van der Waals surface area contributed by atoms with Gasteiger partial charge in [0.25, 0.3) is 0 Å². The van der Waals surface area contributed by atoms with Crippen LogP contribution in [-0.4, -0.2) is 12.2 Å². The average molecular weight is 163 g/mol. The smallest absolute Gasteiger partial charge is 0.682 e. The third-order valence-corrected chi connectivity index (χ3v) is 0.321. The first-order valence-electron chi connectivity index (χ1n) is 1.40. The fourth-order valence-electron chi connectivity index (χ4n) is 0.0589. The van der Waals surface area contributed by atoms with Gasteiger partial charge < -0.3 is 17.0 Å². The Bertz CT molecular complexity index is 34.1. The van der Waals surface area contributed by atoms with Crippen LogP contribution in [0.4, 0.5) is 0 Å². The molecule has 0 atom stereocenters. The molecule has 0 aromatic carbocycles. The minimum absolute atomic E-state index is 0. The molecule has 0 unspecified atom stereocenters. The van der Waals surface area contributed by atoms with Crippen LogP contribution < -0.4 is 51.4 Å². The Balaban J connectivity index is -0.0000000800. The average Bonchev–Trinajstić information content (AvgIpc) is 1.41. The fourth-order valence-corrected chi connectivity index (χ4v) is 0.177. The maximum absolute atomic E-state index is 4.40. The molecular weight excluding hydrogens is 155 g/mol. The molecule has 0 N–H and O–H groups in total. The van der Waals surface area contributed by atoms with E-state index in [-0.39, 0.29) is 64.9 Å². The Hall–Kier alpha value is 1.88. The van der Waals surface area contributed by atoms with E-state index in [1.54, 1.807) is 0 Å². The quantitative estimate of drug-likeness (QED) is 0.186. The van der Waals surface area contributed by atoms with Crippen LogP contribution >= 0.6 is 12.2 Å². The summed E-state index contributed by atoms with van der Waals surface area (Å²) in [5.41, 5.74) is 2.10. The van der Waals surface area contributed by atoms with Crippen molar-refractivity contribution in [2.45, 2.75) is 6.92 Å². The van der Waals surface area contributed by atoms with Crippen LogP contribution in [0.5, 0.6) is 0 Å². The molecule has 0 aromatic heterocycles. The van der Waals surface area contributed by atoms with Crippen molar-refractivity contribution >= 4 is 31.3 Å². The maximum Gasteiger partial charge on any atom is 1.00 e. The minimum Gasteiger partial charge on any atom is -0.682 e. The molecule has 0 aliphatic rings. The first-order chi connectivity index (χ1) is 2.41. The zero-order chi connectivity index (χ0) is 4.12. The Morgan fingerprint density at radius 2 is 2.14 bits per heavy atom. The van der Waals surface area contributed by atoms with E-state index in [1.807, 2.05) is 6.92 Å². The summed E-state index contributed by atoms with van der Waals surface area (Å²) in [6, 6.07) is 0. The molecule has 0 rings (SSSR count). The van der Waals surface area contributed by atoms with Gasteiger partial charge in [-0.2, -0.15) is 0 Å². The first kappa shape index (κ1) is 15.9. The van der Waals surface area contributed by atoms with Crippen molar-refractivity contribution in [1.29, 1.82) is 0 Å². The summed E-state index contributed by atoms with van der Waals surface area (Å²) in [7, 11) is 0. The Labute approximate surface area is 99.1 Å². The minimum atomic E-state index is 0. The number of ether oxygens (including phenoxy) is 1. The molecular formula is C3H8KOS2+. The van der Waals surface area contributed by atoms with Crippen molar-refractivity contribution in [3.8, 4) is 0 Å². The van der Waals surface area contributed by atoms with Crippen molar-refractivity contribution in [3.05, 3.63) is 0 Å². The maximum atomic E-state index is 4.40. The molecule has 0 amide bonds. The predicted molar refractivity (Wildman–Crippen MR) is 35.8 cm³/mol.